The third-order valence-corrected chi connectivity index (χ3v) is 9.72. The summed E-state index contributed by atoms with van der Waals surface area (Å²) in [6.07, 6.45) is 0. The summed E-state index contributed by atoms with van der Waals surface area (Å²) in [5, 5.41) is 0. The van der Waals surface area contributed by atoms with E-state index in [9.17, 15) is 0 Å². The van der Waals surface area contributed by atoms with Crippen LogP contribution in [0, 0.1) is 20.5 Å². The van der Waals surface area contributed by atoms with Crippen LogP contribution in [0.2, 0.25) is 0 Å². The van der Waals surface area contributed by atoms with Crippen molar-refractivity contribution < 1.29 is 93.8 Å². The number of hydrogen-bond donors (Lipinski definition) is 0. The van der Waals surface area contributed by atoms with E-state index in [1.807, 2.05) is 109 Å². The summed E-state index contributed by atoms with van der Waals surface area (Å²) >= 11 is 0. The number of halogens is 2. The zero-order valence-electron chi connectivity index (χ0n) is 34.8. The Bertz CT molecular complexity index is 2290. The van der Waals surface area contributed by atoms with Gasteiger partial charge in [-0.25, -0.2) is 67.2 Å². The van der Waals surface area contributed by atoms with E-state index in [1.165, 1.54) is 0 Å². The van der Waals surface area contributed by atoms with E-state index in [0.29, 0.717) is 72.8 Å². The summed E-state index contributed by atoms with van der Waals surface area (Å²) in [4.78, 5) is 28.2. The third-order valence-electron chi connectivity index (χ3n) is 9.72. The second-order valence-electron chi connectivity index (χ2n) is 14.3. The van der Waals surface area contributed by atoms with Crippen molar-refractivity contribution in [1.82, 2.24) is 9.97 Å². The molecule has 0 N–H and O–H groups in total. The molecule has 0 aliphatic carbocycles. The molecule has 4 aliphatic rings. The van der Waals surface area contributed by atoms with Crippen LogP contribution < -0.4 is 37.3 Å². The Morgan fingerprint density at radius 2 is 0.507 bits per heavy atom. The van der Waals surface area contributed by atoms with Gasteiger partial charge in [-0.05, 0) is 46.5 Å². The largest absolute Gasteiger partial charge is 2.00 e. The number of benzene rings is 4. The molecule has 0 fully saturated rings. The van der Waals surface area contributed by atoms with E-state index in [-0.39, 0.29) is 41.2 Å². The average Bonchev–Trinajstić information content (AvgIpc) is 4.18. The quantitative estimate of drug-likeness (QED) is 0.161. The second kappa shape index (κ2) is 23.5. The van der Waals surface area contributed by atoms with Gasteiger partial charge in [0.1, 0.15) is 73.4 Å². The fourth-order valence-corrected chi connectivity index (χ4v) is 6.79. The summed E-state index contributed by atoms with van der Waals surface area (Å²) in [5.74, 6) is 2.26. The maximum Gasteiger partial charge on any atom is 2.00 e. The van der Waals surface area contributed by atoms with Gasteiger partial charge in [-0.1, -0.05) is 133 Å². The topological polar surface area (TPSA) is 297 Å². The van der Waals surface area contributed by atoms with Crippen molar-refractivity contribution in [2.45, 2.75) is 24.2 Å². The zero-order chi connectivity index (χ0) is 46.5. The van der Waals surface area contributed by atoms with Gasteiger partial charge < -0.3 is 18.9 Å². The summed E-state index contributed by atoms with van der Waals surface area (Å²) in [6.45, 7) is 2.11. The Hall–Kier alpha value is -6.16. The van der Waals surface area contributed by atoms with Crippen molar-refractivity contribution in [3.8, 4) is 0 Å². The molecule has 0 spiro atoms. The number of aromatic nitrogens is 2. The molecule has 0 saturated heterocycles. The molecule has 6 heterocycles. The number of ether oxygens (including phenoxy) is 4. The first-order valence-corrected chi connectivity index (χ1v) is 22.4. The predicted octanol–water partition coefficient (Wildman–Crippen LogP) is -1.28. The minimum Gasteiger partial charge on any atom is -0.474 e. The SMILES string of the molecule is [Fe+2].[O-][Cl+3]([O-])([O-])[O-].[O-][Cl+3]([O-])([O-])[O-].c1ccc([C@@H]2COC(c3cccc(C4=N[C@@H](c5ccccc5)CO4)n3)=N2)cc1.c1ccc([C@@H]2COC(c3cccc(C4=N[C@@H](c5ccccc5)CO4)n3)=N2)cc1. The number of rotatable bonds is 8. The van der Waals surface area contributed by atoms with Gasteiger partial charge in [0.15, 0.2) is 0 Å². The Balaban J connectivity index is 0.000000182. The van der Waals surface area contributed by atoms with E-state index in [0.717, 1.165) is 22.3 Å². The Labute approximate surface area is 398 Å². The average molecular weight is 994 g/mol. The maximum absolute atomic E-state index is 8.49. The van der Waals surface area contributed by atoms with Crippen molar-refractivity contribution in [3.63, 3.8) is 0 Å². The Morgan fingerprint density at radius 1 is 0.313 bits per heavy atom. The molecular formula is C46H38Cl2FeN6O12. The van der Waals surface area contributed by atoms with Crippen LogP contribution in [0.5, 0.6) is 0 Å². The first kappa shape index (κ1) is 50.3. The van der Waals surface area contributed by atoms with Gasteiger partial charge in [0, 0.05) is 0 Å². The molecule has 6 aromatic rings. The van der Waals surface area contributed by atoms with E-state index < -0.39 is 20.5 Å². The van der Waals surface area contributed by atoms with E-state index in [4.69, 9.17) is 76.2 Å². The molecule has 4 aromatic carbocycles. The van der Waals surface area contributed by atoms with E-state index >= 15 is 0 Å². The molecule has 4 aliphatic heterocycles. The van der Waals surface area contributed by atoms with Crippen LogP contribution >= 0.6 is 0 Å². The molecule has 67 heavy (non-hydrogen) atoms. The summed E-state index contributed by atoms with van der Waals surface area (Å²) < 4.78 is 91.2. The van der Waals surface area contributed by atoms with Gasteiger partial charge in [-0.15, -0.1) is 20.5 Å². The Morgan fingerprint density at radius 3 is 0.701 bits per heavy atom. The molecule has 18 nitrogen and oxygen atoms in total. The van der Waals surface area contributed by atoms with Gasteiger partial charge in [0.25, 0.3) is 0 Å². The summed E-state index contributed by atoms with van der Waals surface area (Å²) in [6, 6.07) is 52.1. The van der Waals surface area contributed by atoms with Crippen LogP contribution in [0.4, 0.5) is 0 Å². The fourth-order valence-electron chi connectivity index (χ4n) is 6.79. The minimum absolute atomic E-state index is 0. The Kier molecular flexibility index (Phi) is 17.6. The van der Waals surface area contributed by atoms with Crippen molar-refractivity contribution >= 4 is 23.6 Å². The molecule has 10 rings (SSSR count). The van der Waals surface area contributed by atoms with Crippen LogP contribution in [0.15, 0.2) is 178 Å². The molecular weight excluding hydrogens is 955 g/mol. The number of hydrogen-bond acceptors (Lipinski definition) is 18. The van der Waals surface area contributed by atoms with Gasteiger partial charge in [0.2, 0.25) is 23.6 Å². The molecule has 0 radical (unpaired) electrons. The first-order valence-electron chi connectivity index (χ1n) is 19.9. The molecule has 346 valence electrons. The monoisotopic (exact) mass is 992 g/mol. The second-order valence-corrected chi connectivity index (χ2v) is 15.8. The molecule has 0 saturated carbocycles. The van der Waals surface area contributed by atoms with Gasteiger partial charge >= 0.3 is 17.1 Å². The van der Waals surface area contributed by atoms with Crippen LogP contribution in [0.1, 0.15) is 69.2 Å². The standard InChI is InChI=1S/2C23H19N3O2.2ClHO4.Fe/c2*1-3-8-16(9-4-1)20-14-27-22(25-20)18-12-7-13-19(24-18)23-26-21(15-28-23)17-10-5-2-6-11-17;2*2-1(3,4)5;/h2*1-13,20-21H,14-15H2;2*(H,2,3,4,5);/q;;;;+2/p-2/t2*20-,21+;;;. The minimum atomic E-state index is -4.94. The zero-order valence-corrected chi connectivity index (χ0v) is 37.5. The van der Waals surface area contributed by atoms with Crippen molar-refractivity contribution in [3.05, 3.63) is 203 Å². The molecule has 21 heteroatoms. The molecule has 0 amide bonds. The number of nitrogens with zero attached hydrogens (tertiary/aromatic N) is 6. The number of pyridine rings is 2. The van der Waals surface area contributed by atoms with Crippen molar-refractivity contribution in [1.29, 1.82) is 0 Å². The van der Waals surface area contributed by atoms with Gasteiger partial charge in [-0.3, -0.25) is 0 Å². The molecule has 2 aromatic heterocycles. The molecule has 0 bridgehead atoms. The van der Waals surface area contributed by atoms with Crippen LogP contribution in [0.25, 0.3) is 0 Å². The van der Waals surface area contributed by atoms with Gasteiger partial charge in [-0.2, -0.15) is 0 Å². The number of aliphatic imine (C=N–C) groups is 4. The summed E-state index contributed by atoms with van der Waals surface area (Å²) in [7, 11) is -9.89. The summed E-state index contributed by atoms with van der Waals surface area (Å²) in [5.41, 5.74) is 7.36. The van der Waals surface area contributed by atoms with Crippen LogP contribution in [-0.4, -0.2) is 60.0 Å². The van der Waals surface area contributed by atoms with Gasteiger partial charge in [0.05, 0.1) is 0 Å². The first-order chi connectivity index (χ1) is 31.7. The van der Waals surface area contributed by atoms with Crippen molar-refractivity contribution in [2.24, 2.45) is 20.0 Å². The third kappa shape index (κ3) is 15.4. The van der Waals surface area contributed by atoms with E-state index in [2.05, 4.69) is 58.5 Å². The molecule has 0 unspecified atom stereocenters. The fraction of sp³-hybridized carbons (Fsp3) is 0.174. The van der Waals surface area contributed by atoms with E-state index in [1.54, 1.807) is 0 Å². The van der Waals surface area contributed by atoms with Crippen molar-refractivity contribution in [2.75, 3.05) is 26.4 Å². The smallest absolute Gasteiger partial charge is 0.474 e. The molecule has 4 atom stereocenters. The maximum atomic E-state index is 8.49. The van der Waals surface area contributed by atoms with Crippen LogP contribution in [-0.2, 0) is 36.0 Å². The predicted molar refractivity (Wildman–Crippen MR) is 215 cm³/mol. The van der Waals surface area contributed by atoms with Crippen LogP contribution in [0.3, 0.4) is 0 Å². The normalized spacial score (nSPS) is 19.2.